The Hall–Kier alpha value is -0.860. The summed E-state index contributed by atoms with van der Waals surface area (Å²) in [6.45, 7) is 3.88. The molecule has 2 unspecified atom stereocenters. The molecule has 2 nitrogen and oxygen atoms in total. The molecule has 0 aromatic heterocycles. The molecule has 0 aliphatic rings. The molecule has 2 heteroatoms. The van der Waals surface area contributed by atoms with Crippen molar-refractivity contribution in [3.8, 4) is 0 Å². The lowest BCUT2D eigenvalue weighted by Gasteiger charge is -2.29. The zero-order chi connectivity index (χ0) is 10.6. The van der Waals surface area contributed by atoms with Crippen molar-refractivity contribution in [1.29, 1.82) is 0 Å². The average molecular weight is 193 g/mol. The van der Waals surface area contributed by atoms with E-state index in [1.807, 2.05) is 44.2 Å². The van der Waals surface area contributed by atoms with Gasteiger partial charge in [0.05, 0.1) is 6.10 Å². The minimum absolute atomic E-state index is 0.477. The molecule has 14 heavy (non-hydrogen) atoms. The van der Waals surface area contributed by atoms with Crippen molar-refractivity contribution < 1.29 is 5.11 Å². The van der Waals surface area contributed by atoms with Crippen molar-refractivity contribution in [1.82, 2.24) is 0 Å². The average Bonchev–Trinajstić information content (AvgIpc) is 2.19. The summed E-state index contributed by atoms with van der Waals surface area (Å²) in [4.78, 5) is 0. The molecule has 0 fully saturated rings. The van der Waals surface area contributed by atoms with Gasteiger partial charge in [0.15, 0.2) is 0 Å². The molecule has 0 amide bonds. The Labute approximate surface area is 85.8 Å². The lowest BCUT2D eigenvalue weighted by Crippen LogP contribution is -2.48. The summed E-state index contributed by atoms with van der Waals surface area (Å²) in [5, 5.41) is 9.91. The van der Waals surface area contributed by atoms with E-state index in [-0.39, 0.29) is 0 Å². The second kappa shape index (κ2) is 4.58. The van der Waals surface area contributed by atoms with E-state index in [1.165, 1.54) is 0 Å². The SMILES string of the molecule is CCC(C)(N)C(O)Cc1ccccc1. The number of hydrogen-bond acceptors (Lipinski definition) is 2. The fourth-order valence-electron chi connectivity index (χ4n) is 1.31. The van der Waals surface area contributed by atoms with Gasteiger partial charge in [0, 0.05) is 12.0 Å². The topological polar surface area (TPSA) is 46.2 Å². The monoisotopic (exact) mass is 193 g/mol. The van der Waals surface area contributed by atoms with Gasteiger partial charge >= 0.3 is 0 Å². The quantitative estimate of drug-likeness (QED) is 0.764. The van der Waals surface area contributed by atoms with Gasteiger partial charge in [-0.3, -0.25) is 0 Å². The van der Waals surface area contributed by atoms with Gasteiger partial charge in [-0.1, -0.05) is 37.3 Å². The molecule has 0 bridgehead atoms. The van der Waals surface area contributed by atoms with Gasteiger partial charge in [0.1, 0.15) is 0 Å². The fraction of sp³-hybridized carbons (Fsp3) is 0.500. The molecule has 0 aliphatic carbocycles. The second-order valence-corrected chi connectivity index (χ2v) is 4.06. The van der Waals surface area contributed by atoms with E-state index in [0.717, 1.165) is 12.0 Å². The Balaban J connectivity index is 2.62. The summed E-state index contributed by atoms with van der Waals surface area (Å²) in [7, 11) is 0. The summed E-state index contributed by atoms with van der Waals surface area (Å²) in [5.74, 6) is 0. The van der Waals surface area contributed by atoms with Crippen LogP contribution in [-0.4, -0.2) is 16.7 Å². The number of hydrogen-bond donors (Lipinski definition) is 2. The molecule has 0 saturated carbocycles. The Kier molecular flexibility index (Phi) is 3.67. The van der Waals surface area contributed by atoms with Crippen LogP contribution >= 0.6 is 0 Å². The molecule has 78 valence electrons. The van der Waals surface area contributed by atoms with E-state index in [2.05, 4.69) is 0 Å². The third kappa shape index (κ3) is 2.82. The molecule has 0 heterocycles. The summed E-state index contributed by atoms with van der Waals surface area (Å²) in [5.41, 5.74) is 6.60. The van der Waals surface area contributed by atoms with E-state index in [0.29, 0.717) is 6.42 Å². The molecule has 1 aromatic carbocycles. The predicted octanol–water partition coefficient (Wildman–Crippen LogP) is 1.72. The van der Waals surface area contributed by atoms with Crippen LogP contribution in [0.15, 0.2) is 30.3 Å². The van der Waals surface area contributed by atoms with Gasteiger partial charge < -0.3 is 10.8 Å². The first-order valence-corrected chi connectivity index (χ1v) is 5.07. The molecule has 1 aromatic rings. The van der Waals surface area contributed by atoms with Crippen LogP contribution in [0.5, 0.6) is 0 Å². The van der Waals surface area contributed by atoms with Crippen molar-refractivity contribution in [3.63, 3.8) is 0 Å². The molecular weight excluding hydrogens is 174 g/mol. The van der Waals surface area contributed by atoms with Gasteiger partial charge in [0.25, 0.3) is 0 Å². The van der Waals surface area contributed by atoms with Crippen LogP contribution in [0, 0.1) is 0 Å². The maximum absolute atomic E-state index is 9.91. The number of rotatable bonds is 4. The minimum Gasteiger partial charge on any atom is -0.391 e. The van der Waals surface area contributed by atoms with Crippen LogP contribution in [0.3, 0.4) is 0 Å². The summed E-state index contributed by atoms with van der Waals surface area (Å²) >= 11 is 0. The molecule has 1 rings (SSSR count). The molecule has 0 radical (unpaired) electrons. The maximum Gasteiger partial charge on any atom is 0.0757 e. The molecule has 3 N–H and O–H groups in total. The zero-order valence-corrected chi connectivity index (χ0v) is 8.90. The first-order chi connectivity index (χ1) is 6.56. The first-order valence-electron chi connectivity index (χ1n) is 5.07. The standard InChI is InChI=1S/C12H19NO/c1-3-12(2,13)11(14)9-10-7-5-4-6-8-10/h4-8,11,14H,3,9,13H2,1-2H3. The van der Waals surface area contributed by atoms with Crippen LogP contribution in [-0.2, 0) is 6.42 Å². The Morgan fingerprint density at radius 3 is 2.43 bits per heavy atom. The van der Waals surface area contributed by atoms with Gasteiger partial charge in [-0.15, -0.1) is 0 Å². The van der Waals surface area contributed by atoms with E-state index in [1.54, 1.807) is 0 Å². The first kappa shape index (κ1) is 11.2. The summed E-state index contributed by atoms with van der Waals surface area (Å²) in [6, 6.07) is 9.94. The lowest BCUT2D eigenvalue weighted by molar-refractivity contribution is 0.0916. The highest BCUT2D eigenvalue weighted by molar-refractivity contribution is 5.16. The Morgan fingerprint density at radius 2 is 1.93 bits per heavy atom. The second-order valence-electron chi connectivity index (χ2n) is 4.06. The normalized spacial score (nSPS) is 17.4. The van der Waals surface area contributed by atoms with Crippen molar-refractivity contribution in [2.75, 3.05) is 0 Å². The number of aliphatic hydroxyl groups is 1. The van der Waals surface area contributed by atoms with Gasteiger partial charge in [-0.25, -0.2) is 0 Å². The van der Waals surface area contributed by atoms with Crippen molar-refractivity contribution in [2.45, 2.75) is 38.3 Å². The summed E-state index contributed by atoms with van der Waals surface area (Å²) < 4.78 is 0. The Morgan fingerprint density at radius 1 is 1.36 bits per heavy atom. The molecule has 0 saturated heterocycles. The highest BCUT2D eigenvalue weighted by Crippen LogP contribution is 2.15. The number of nitrogens with two attached hydrogens (primary N) is 1. The fourth-order valence-corrected chi connectivity index (χ4v) is 1.31. The van der Waals surface area contributed by atoms with Crippen LogP contribution in [0.25, 0.3) is 0 Å². The summed E-state index contributed by atoms with van der Waals surface area (Å²) in [6.07, 6.45) is 0.928. The number of aliphatic hydroxyl groups excluding tert-OH is 1. The van der Waals surface area contributed by atoms with E-state index < -0.39 is 11.6 Å². The van der Waals surface area contributed by atoms with E-state index in [9.17, 15) is 5.11 Å². The van der Waals surface area contributed by atoms with Gasteiger partial charge in [0.2, 0.25) is 0 Å². The van der Waals surface area contributed by atoms with Crippen LogP contribution in [0.1, 0.15) is 25.8 Å². The third-order valence-corrected chi connectivity index (χ3v) is 2.79. The molecule has 0 aliphatic heterocycles. The van der Waals surface area contributed by atoms with Crippen molar-refractivity contribution in [3.05, 3.63) is 35.9 Å². The maximum atomic E-state index is 9.91. The van der Waals surface area contributed by atoms with Gasteiger partial charge in [-0.05, 0) is 18.9 Å². The largest absolute Gasteiger partial charge is 0.391 e. The van der Waals surface area contributed by atoms with Crippen LogP contribution in [0.2, 0.25) is 0 Å². The Bertz CT molecular complexity index is 269. The minimum atomic E-state index is -0.490. The lowest BCUT2D eigenvalue weighted by atomic mass is 9.89. The molecule has 0 spiro atoms. The highest BCUT2D eigenvalue weighted by atomic mass is 16.3. The van der Waals surface area contributed by atoms with Crippen molar-refractivity contribution in [2.24, 2.45) is 5.73 Å². The third-order valence-electron chi connectivity index (χ3n) is 2.79. The smallest absolute Gasteiger partial charge is 0.0757 e. The van der Waals surface area contributed by atoms with Crippen molar-refractivity contribution >= 4 is 0 Å². The van der Waals surface area contributed by atoms with Crippen LogP contribution in [0.4, 0.5) is 0 Å². The zero-order valence-electron chi connectivity index (χ0n) is 8.90. The molecule has 2 atom stereocenters. The van der Waals surface area contributed by atoms with Gasteiger partial charge in [-0.2, -0.15) is 0 Å². The molecular formula is C12H19NO. The van der Waals surface area contributed by atoms with Crippen LogP contribution < -0.4 is 5.73 Å². The van der Waals surface area contributed by atoms with E-state index >= 15 is 0 Å². The predicted molar refractivity (Wildman–Crippen MR) is 59.0 cm³/mol. The highest BCUT2D eigenvalue weighted by Gasteiger charge is 2.26. The van der Waals surface area contributed by atoms with E-state index in [4.69, 9.17) is 5.73 Å². The number of benzene rings is 1.